The van der Waals surface area contributed by atoms with Crippen LogP contribution in [0.5, 0.6) is 0 Å². The van der Waals surface area contributed by atoms with Gasteiger partial charge in [-0.25, -0.2) is 4.79 Å². The third kappa shape index (κ3) is 5.52. The van der Waals surface area contributed by atoms with Crippen molar-refractivity contribution in [3.8, 4) is 0 Å². The summed E-state index contributed by atoms with van der Waals surface area (Å²) in [5, 5.41) is 20.0. The van der Waals surface area contributed by atoms with Crippen molar-refractivity contribution in [2.45, 2.75) is 32.2 Å². The number of carboxylic acids is 1. The molecule has 1 amide bonds. The van der Waals surface area contributed by atoms with Crippen molar-refractivity contribution in [3.63, 3.8) is 0 Å². The van der Waals surface area contributed by atoms with E-state index in [-0.39, 0.29) is 25.4 Å². The second kappa shape index (κ2) is 7.53. The van der Waals surface area contributed by atoms with Crippen molar-refractivity contribution in [3.05, 3.63) is 35.4 Å². The summed E-state index contributed by atoms with van der Waals surface area (Å²) in [5.41, 5.74) is 2.19. The number of aliphatic hydroxyl groups excluding tert-OH is 1. The summed E-state index contributed by atoms with van der Waals surface area (Å²) in [6.45, 7) is 1.72. The fraction of sp³-hybridized carbons (Fsp3) is 0.429. The first-order valence-corrected chi connectivity index (χ1v) is 6.21. The molecule has 0 fully saturated rings. The van der Waals surface area contributed by atoms with E-state index in [0.717, 1.165) is 11.1 Å². The number of aryl methyl sites for hydroxylation is 2. The van der Waals surface area contributed by atoms with Gasteiger partial charge >= 0.3 is 5.97 Å². The molecule has 1 atom stereocenters. The zero-order valence-electron chi connectivity index (χ0n) is 10.9. The first-order valence-electron chi connectivity index (χ1n) is 6.21. The molecule has 0 bridgehead atoms. The number of amides is 1. The summed E-state index contributed by atoms with van der Waals surface area (Å²) in [6.07, 6.45) is 0.821. The third-order valence-corrected chi connectivity index (χ3v) is 2.81. The number of rotatable bonds is 7. The molecule has 104 valence electrons. The van der Waals surface area contributed by atoms with Crippen LogP contribution in [0, 0.1) is 6.92 Å². The van der Waals surface area contributed by atoms with Gasteiger partial charge in [0.25, 0.3) is 0 Å². The van der Waals surface area contributed by atoms with Crippen LogP contribution in [0.4, 0.5) is 0 Å². The molecular formula is C14H19NO4. The highest BCUT2D eigenvalue weighted by Crippen LogP contribution is 2.06. The highest BCUT2D eigenvalue weighted by molar-refractivity contribution is 5.83. The molecule has 0 aliphatic carbocycles. The maximum atomic E-state index is 11.6. The van der Waals surface area contributed by atoms with E-state index in [4.69, 9.17) is 10.2 Å². The van der Waals surface area contributed by atoms with Crippen LogP contribution in [0.3, 0.4) is 0 Å². The lowest BCUT2D eigenvalue weighted by molar-refractivity contribution is -0.142. The van der Waals surface area contributed by atoms with Crippen molar-refractivity contribution in [1.29, 1.82) is 0 Å². The molecule has 0 heterocycles. The van der Waals surface area contributed by atoms with E-state index in [1.807, 2.05) is 31.2 Å². The molecule has 19 heavy (non-hydrogen) atoms. The summed E-state index contributed by atoms with van der Waals surface area (Å²) < 4.78 is 0. The monoisotopic (exact) mass is 265 g/mol. The van der Waals surface area contributed by atoms with Crippen LogP contribution in [-0.2, 0) is 16.0 Å². The Balaban J connectivity index is 2.42. The fourth-order valence-corrected chi connectivity index (χ4v) is 1.67. The maximum absolute atomic E-state index is 11.6. The summed E-state index contributed by atoms with van der Waals surface area (Å²) in [6, 6.07) is 6.82. The quantitative estimate of drug-likeness (QED) is 0.683. The zero-order chi connectivity index (χ0) is 14.3. The maximum Gasteiger partial charge on any atom is 0.326 e. The van der Waals surface area contributed by atoms with Crippen molar-refractivity contribution in [2.75, 3.05) is 6.61 Å². The van der Waals surface area contributed by atoms with Gasteiger partial charge in [-0.05, 0) is 18.9 Å². The molecule has 0 aromatic heterocycles. The first-order chi connectivity index (χ1) is 9.02. The molecule has 3 N–H and O–H groups in total. The van der Waals surface area contributed by atoms with Gasteiger partial charge in [-0.2, -0.15) is 0 Å². The average Bonchev–Trinajstić information content (AvgIpc) is 2.37. The van der Waals surface area contributed by atoms with Crippen LogP contribution >= 0.6 is 0 Å². The van der Waals surface area contributed by atoms with Crippen LogP contribution in [0.15, 0.2) is 24.3 Å². The Hall–Kier alpha value is -1.88. The number of carboxylic acid groups (broad SMARTS) is 1. The van der Waals surface area contributed by atoms with Gasteiger partial charge in [-0.1, -0.05) is 29.8 Å². The molecule has 0 saturated heterocycles. The van der Waals surface area contributed by atoms with Crippen molar-refractivity contribution < 1.29 is 19.8 Å². The van der Waals surface area contributed by atoms with Gasteiger partial charge in [-0.3, -0.25) is 4.79 Å². The Morgan fingerprint density at radius 2 is 1.89 bits per heavy atom. The van der Waals surface area contributed by atoms with Gasteiger partial charge in [0.15, 0.2) is 0 Å². The SMILES string of the molecule is Cc1ccc(CCC(=O)NC(CCO)C(=O)O)cc1. The molecule has 1 aromatic rings. The molecule has 1 aromatic carbocycles. The van der Waals surface area contributed by atoms with Gasteiger partial charge in [-0.15, -0.1) is 0 Å². The van der Waals surface area contributed by atoms with Gasteiger partial charge in [0, 0.05) is 19.4 Å². The molecule has 1 unspecified atom stereocenters. The van der Waals surface area contributed by atoms with E-state index in [0.29, 0.717) is 6.42 Å². The second-order valence-corrected chi connectivity index (χ2v) is 4.46. The number of nitrogens with one attached hydrogen (secondary N) is 1. The minimum absolute atomic E-state index is 0.0194. The number of hydrogen-bond donors (Lipinski definition) is 3. The lowest BCUT2D eigenvalue weighted by Gasteiger charge is -2.13. The number of carbonyl (C=O) groups excluding carboxylic acids is 1. The van der Waals surface area contributed by atoms with Crippen LogP contribution in [0.1, 0.15) is 24.0 Å². The lowest BCUT2D eigenvalue weighted by atomic mass is 10.1. The highest BCUT2D eigenvalue weighted by atomic mass is 16.4. The zero-order valence-corrected chi connectivity index (χ0v) is 10.9. The molecule has 0 aliphatic heterocycles. The molecule has 1 rings (SSSR count). The topological polar surface area (TPSA) is 86.6 Å². The smallest absolute Gasteiger partial charge is 0.326 e. The Morgan fingerprint density at radius 3 is 2.42 bits per heavy atom. The van der Waals surface area contributed by atoms with Crippen LogP contribution in [-0.4, -0.2) is 34.7 Å². The van der Waals surface area contributed by atoms with Crippen LogP contribution in [0.25, 0.3) is 0 Å². The van der Waals surface area contributed by atoms with E-state index < -0.39 is 12.0 Å². The molecule has 5 nitrogen and oxygen atoms in total. The van der Waals surface area contributed by atoms with Gasteiger partial charge in [0.1, 0.15) is 6.04 Å². The summed E-state index contributed by atoms with van der Waals surface area (Å²) in [7, 11) is 0. The number of hydrogen-bond acceptors (Lipinski definition) is 3. The van der Waals surface area contributed by atoms with Crippen molar-refractivity contribution in [1.82, 2.24) is 5.32 Å². The molecule has 5 heteroatoms. The molecule has 0 aliphatic rings. The molecule has 0 saturated carbocycles. The predicted molar refractivity (Wildman–Crippen MR) is 70.8 cm³/mol. The number of benzene rings is 1. The third-order valence-electron chi connectivity index (χ3n) is 2.81. The van der Waals surface area contributed by atoms with Gasteiger partial charge in [0.05, 0.1) is 0 Å². The van der Waals surface area contributed by atoms with Gasteiger partial charge < -0.3 is 15.5 Å². The first kappa shape index (κ1) is 15.2. The van der Waals surface area contributed by atoms with Gasteiger partial charge in [0.2, 0.25) is 5.91 Å². The Morgan fingerprint density at radius 1 is 1.26 bits per heavy atom. The lowest BCUT2D eigenvalue weighted by Crippen LogP contribution is -2.41. The second-order valence-electron chi connectivity index (χ2n) is 4.46. The van der Waals surface area contributed by atoms with E-state index in [2.05, 4.69) is 5.32 Å². The Bertz CT molecular complexity index is 428. The molecule has 0 spiro atoms. The van der Waals surface area contributed by atoms with Crippen molar-refractivity contribution >= 4 is 11.9 Å². The molecule has 0 radical (unpaired) electrons. The van der Waals surface area contributed by atoms with Crippen LogP contribution in [0.2, 0.25) is 0 Å². The normalized spacial score (nSPS) is 11.9. The fourth-order valence-electron chi connectivity index (χ4n) is 1.67. The minimum atomic E-state index is -1.13. The number of carbonyl (C=O) groups is 2. The highest BCUT2D eigenvalue weighted by Gasteiger charge is 2.18. The number of aliphatic hydroxyl groups is 1. The summed E-state index contributed by atoms with van der Waals surface area (Å²) in [4.78, 5) is 22.4. The van der Waals surface area contributed by atoms with E-state index in [1.54, 1.807) is 0 Å². The average molecular weight is 265 g/mol. The van der Waals surface area contributed by atoms with E-state index >= 15 is 0 Å². The minimum Gasteiger partial charge on any atom is -0.480 e. The van der Waals surface area contributed by atoms with E-state index in [1.165, 1.54) is 0 Å². The summed E-state index contributed by atoms with van der Waals surface area (Å²) in [5.74, 6) is -1.45. The van der Waals surface area contributed by atoms with Crippen molar-refractivity contribution in [2.24, 2.45) is 0 Å². The number of aliphatic carboxylic acids is 1. The van der Waals surface area contributed by atoms with E-state index in [9.17, 15) is 9.59 Å². The Labute approximate surface area is 112 Å². The standard InChI is InChI=1S/C14H19NO4/c1-10-2-4-11(5-3-10)6-7-13(17)15-12(8-9-16)14(18)19/h2-5,12,16H,6-9H2,1H3,(H,15,17)(H,18,19). The summed E-state index contributed by atoms with van der Waals surface area (Å²) >= 11 is 0. The predicted octanol–water partition coefficient (Wildman–Crippen LogP) is 0.879. The molecular weight excluding hydrogens is 246 g/mol. The largest absolute Gasteiger partial charge is 0.480 e. The van der Waals surface area contributed by atoms with Crippen LogP contribution < -0.4 is 5.32 Å². The Kier molecular flexibility index (Phi) is 6.02.